The van der Waals surface area contributed by atoms with Crippen molar-refractivity contribution in [1.29, 1.82) is 0 Å². The van der Waals surface area contributed by atoms with Crippen molar-refractivity contribution >= 4 is 17.5 Å². The number of carbonyl (C=O) groups excluding carboxylic acids is 1. The molecular formula is C18H28ClNO. The Morgan fingerprint density at radius 3 is 2.48 bits per heavy atom. The molecule has 1 aromatic carbocycles. The highest BCUT2D eigenvalue weighted by molar-refractivity contribution is 6.17. The number of hydrogen-bond acceptors (Lipinski definition) is 1. The number of nitrogens with one attached hydrogen (secondary N) is 1. The molecule has 0 saturated heterocycles. The van der Waals surface area contributed by atoms with Crippen molar-refractivity contribution in [3.8, 4) is 0 Å². The number of rotatable bonds is 7. The summed E-state index contributed by atoms with van der Waals surface area (Å²) in [4.78, 5) is 12.5. The summed E-state index contributed by atoms with van der Waals surface area (Å²) >= 11 is 5.84. The lowest BCUT2D eigenvalue weighted by Crippen LogP contribution is -2.31. The molecule has 0 fully saturated rings. The van der Waals surface area contributed by atoms with Gasteiger partial charge in [-0.15, -0.1) is 11.6 Å². The molecule has 1 unspecified atom stereocenters. The molecule has 2 nitrogen and oxygen atoms in total. The van der Waals surface area contributed by atoms with Gasteiger partial charge >= 0.3 is 0 Å². The fourth-order valence-corrected chi connectivity index (χ4v) is 2.89. The Morgan fingerprint density at radius 2 is 1.90 bits per heavy atom. The predicted molar refractivity (Wildman–Crippen MR) is 91.2 cm³/mol. The molecule has 0 heterocycles. The summed E-state index contributed by atoms with van der Waals surface area (Å²) in [5.41, 5.74) is 1.84. The van der Waals surface area contributed by atoms with E-state index in [9.17, 15) is 4.79 Å². The standard InChI is InChI=1S/C18H28ClNO/c1-5-8-14(11-12-19)13-20-17(21)15-9-6-7-10-16(15)18(2,3)4/h6-7,9-10,14H,5,8,11-13H2,1-4H3,(H,20,21). The van der Waals surface area contributed by atoms with Gasteiger partial charge in [0.1, 0.15) is 0 Å². The second kappa shape index (κ2) is 8.43. The normalized spacial score (nSPS) is 13.0. The third-order valence-electron chi connectivity index (χ3n) is 3.75. The third-order valence-corrected chi connectivity index (χ3v) is 3.96. The lowest BCUT2D eigenvalue weighted by Gasteiger charge is -2.23. The van der Waals surface area contributed by atoms with Gasteiger partial charge in [0.05, 0.1) is 0 Å². The highest BCUT2D eigenvalue weighted by atomic mass is 35.5. The second-order valence-corrected chi connectivity index (χ2v) is 7.02. The van der Waals surface area contributed by atoms with Crippen LogP contribution in [0.1, 0.15) is 62.9 Å². The minimum absolute atomic E-state index is 0.0243. The fourth-order valence-electron chi connectivity index (χ4n) is 2.58. The molecule has 1 amide bonds. The molecule has 1 atom stereocenters. The Bertz CT molecular complexity index is 445. The van der Waals surface area contributed by atoms with Crippen LogP contribution >= 0.6 is 11.6 Å². The van der Waals surface area contributed by atoms with E-state index in [4.69, 9.17) is 11.6 Å². The summed E-state index contributed by atoms with van der Waals surface area (Å²) in [6.07, 6.45) is 3.18. The topological polar surface area (TPSA) is 29.1 Å². The summed E-state index contributed by atoms with van der Waals surface area (Å²) in [6.45, 7) is 9.27. The highest BCUT2D eigenvalue weighted by Crippen LogP contribution is 2.25. The van der Waals surface area contributed by atoms with Crippen LogP contribution in [0.5, 0.6) is 0 Å². The monoisotopic (exact) mass is 309 g/mol. The van der Waals surface area contributed by atoms with E-state index >= 15 is 0 Å². The average molecular weight is 310 g/mol. The quantitative estimate of drug-likeness (QED) is 0.723. The number of hydrogen-bond donors (Lipinski definition) is 1. The van der Waals surface area contributed by atoms with Crippen LogP contribution in [0, 0.1) is 5.92 Å². The Hall–Kier alpha value is -1.02. The van der Waals surface area contributed by atoms with E-state index in [2.05, 4.69) is 33.0 Å². The molecule has 118 valence electrons. The van der Waals surface area contributed by atoms with Gasteiger partial charge in [-0.25, -0.2) is 0 Å². The molecule has 0 saturated carbocycles. The molecule has 1 rings (SSSR count). The molecule has 1 aromatic rings. The lowest BCUT2D eigenvalue weighted by atomic mass is 9.83. The van der Waals surface area contributed by atoms with Gasteiger partial charge in [-0.1, -0.05) is 52.3 Å². The first-order chi connectivity index (χ1) is 9.90. The minimum Gasteiger partial charge on any atom is -0.352 e. The van der Waals surface area contributed by atoms with Gasteiger partial charge in [0.15, 0.2) is 0 Å². The van der Waals surface area contributed by atoms with Crippen molar-refractivity contribution in [2.45, 2.75) is 52.4 Å². The van der Waals surface area contributed by atoms with E-state index in [1.807, 2.05) is 24.3 Å². The largest absolute Gasteiger partial charge is 0.352 e. The van der Waals surface area contributed by atoms with Crippen molar-refractivity contribution in [2.24, 2.45) is 5.92 Å². The zero-order valence-corrected chi connectivity index (χ0v) is 14.5. The van der Waals surface area contributed by atoms with E-state index in [1.54, 1.807) is 0 Å². The van der Waals surface area contributed by atoms with Gasteiger partial charge in [-0.3, -0.25) is 4.79 Å². The molecule has 0 radical (unpaired) electrons. The Balaban J connectivity index is 2.76. The summed E-state index contributed by atoms with van der Waals surface area (Å²) in [6, 6.07) is 7.86. The Kier molecular flexibility index (Phi) is 7.24. The molecular weight excluding hydrogens is 282 g/mol. The maximum Gasteiger partial charge on any atom is 0.251 e. The van der Waals surface area contributed by atoms with Crippen molar-refractivity contribution < 1.29 is 4.79 Å². The van der Waals surface area contributed by atoms with Gasteiger partial charge in [0.25, 0.3) is 5.91 Å². The molecule has 0 aliphatic heterocycles. The van der Waals surface area contributed by atoms with E-state index in [-0.39, 0.29) is 11.3 Å². The van der Waals surface area contributed by atoms with Crippen LogP contribution in [0.25, 0.3) is 0 Å². The first-order valence-corrected chi connectivity index (χ1v) is 8.37. The molecule has 21 heavy (non-hydrogen) atoms. The smallest absolute Gasteiger partial charge is 0.251 e. The molecule has 3 heteroatoms. The molecule has 0 spiro atoms. The summed E-state index contributed by atoms with van der Waals surface area (Å²) < 4.78 is 0. The first-order valence-electron chi connectivity index (χ1n) is 7.83. The highest BCUT2D eigenvalue weighted by Gasteiger charge is 2.21. The van der Waals surface area contributed by atoms with E-state index in [0.717, 1.165) is 30.4 Å². The third kappa shape index (κ3) is 5.70. The number of alkyl halides is 1. The molecule has 0 bridgehead atoms. The predicted octanol–water partition coefficient (Wildman–Crippen LogP) is 4.76. The van der Waals surface area contributed by atoms with Crippen molar-refractivity contribution in [1.82, 2.24) is 5.32 Å². The van der Waals surface area contributed by atoms with Crippen molar-refractivity contribution in [3.05, 3.63) is 35.4 Å². The van der Waals surface area contributed by atoms with Crippen LogP contribution in [0.3, 0.4) is 0 Å². The molecule has 1 N–H and O–H groups in total. The van der Waals surface area contributed by atoms with Gasteiger partial charge in [-0.05, 0) is 35.8 Å². The van der Waals surface area contributed by atoms with Crippen LogP contribution in [0.15, 0.2) is 24.3 Å². The minimum atomic E-state index is -0.0348. The average Bonchev–Trinajstić information content (AvgIpc) is 2.44. The summed E-state index contributed by atoms with van der Waals surface area (Å²) in [5.74, 6) is 1.15. The van der Waals surface area contributed by atoms with Crippen LogP contribution in [0.4, 0.5) is 0 Å². The molecule has 0 aliphatic carbocycles. The first kappa shape index (κ1) is 18.0. The number of carbonyl (C=O) groups is 1. The van der Waals surface area contributed by atoms with Gasteiger partial charge in [-0.2, -0.15) is 0 Å². The zero-order chi connectivity index (χ0) is 15.9. The van der Waals surface area contributed by atoms with Crippen LogP contribution in [-0.4, -0.2) is 18.3 Å². The van der Waals surface area contributed by atoms with E-state index < -0.39 is 0 Å². The zero-order valence-electron chi connectivity index (χ0n) is 13.7. The van der Waals surface area contributed by atoms with Crippen LogP contribution < -0.4 is 5.32 Å². The van der Waals surface area contributed by atoms with Crippen LogP contribution in [0.2, 0.25) is 0 Å². The Morgan fingerprint density at radius 1 is 1.24 bits per heavy atom. The van der Waals surface area contributed by atoms with Crippen molar-refractivity contribution in [3.63, 3.8) is 0 Å². The van der Waals surface area contributed by atoms with Crippen molar-refractivity contribution in [2.75, 3.05) is 12.4 Å². The van der Waals surface area contributed by atoms with Gasteiger partial charge in [0.2, 0.25) is 0 Å². The number of amides is 1. The number of halogens is 1. The fraction of sp³-hybridized carbons (Fsp3) is 0.611. The molecule has 0 aromatic heterocycles. The molecule has 0 aliphatic rings. The summed E-state index contributed by atoms with van der Waals surface area (Å²) in [7, 11) is 0. The Labute approximate surface area is 134 Å². The van der Waals surface area contributed by atoms with Crippen LogP contribution in [-0.2, 0) is 5.41 Å². The van der Waals surface area contributed by atoms with Gasteiger partial charge in [0, 0.05) is 18.0 Å². The van der Waals surface area contributed by atoms with E-state index in [1.165, 1.54) is 0 Å². The second-order valence-electron chi connectivity index (χ2n) is 6.64. The number of benzene rings is 1. The summed E-state index contributed by atoms with van der Waals surface area (Å²) in [5, 5.41) is 3.08. The lowest BCUT2D eigenvalue weighted by molar-refractivity contribution is 0.0943. The SMILES string of the molecule is CCCC(CCCl)CNC(=O)c1ccccc1C(C)(C)C. The maximum absolute atomic E-state index is 12.5. The maximum atomic E-state index is 12.5. The van der Waals surface area contributed by atoms with E-state index in [0.29, 0.717) is 18.3 Å². The van der Waals surface area contributed by atoms with Gasteiger partial charge < -0.3 is 5.32 Å².